The van der Waals surface area contributed by atoms with Gasteiger partial charge < -0.3 is 10.8 Å². The van der Waals surface area contributed by atoms with E-state index in [1.54, 1.807) is 0 Å². The maximum absolute atomic E-state index is 9.77. The summed E-state index contributed by atoms with van der Waals surface area (Å²) in [6.07, 6.45) is 0.923. The highest BCUT2D eigenvalue weighted by Gasteiger charge is 1.85. The fraction of sp³-hybridized carbons (Fsp3) is 0. The summed E-state index contributed by atoms with van der Waals surface area (Å²) < 4.78 is 0. The maximum Gasteiger partial charge on any atom is 0.328 e. The van der Waals surface area contributed by atoms with Gasteiger partial charge in [0.2, 0.25) is 0 Å². The third kappa shape index (κ3) is 7.03. The van der Waals surface area contributed by atoms with Gasteiger partial charge in [-0.05, 0) is 5.41 Å². The number of nitrogens with two attached hydrogens (primary N) is 1. The monoisotopic (exact) mass is 146 g/mol. The van der Waals surface area contributed by atoms with Crippen LogP contribution in [0.1, 0.15) is 0 Å². The van der Waals surface area contributed by atoms with Crippen LogP contribution in [0.4, 0.5) is 0 Å². The second-order valence-corrected chi connectivity index (χ2v) is 2.07. The van der Waals surface area contributed by atoms with Crippen LogP contribution in [0.25, 0.3) is 0 Å². The van der Waals surface area contributed by atoms with Crippen molar-refractivity contribution in [3.05, 3.63) is 11.5 Å². The summed E-state index contributed by atoms with van der Waals surface area (Å²) in [5.41, 5.74) is 4.88. The summed E-state index contributed by atoms with van der Waals surface area (Å²) in [4.78, 5) is 9.77. The van der Waals surface area contributed by atoms with Crippen LogP contribution in [0.15, 0.2) is 11.5 Å². The Morgan fingerprint density at radius 1 is 1.78 bits per heavy atom. The first kappa shape index (κ1) is 8.03. The second kappa shape index (κ2) is 3.96. The molecular weight excluding hydrogens is 140 g/mol. The van der Waals surface area contributed by atoms with E-state index in [2.05, 4.69) is 0 Å². The van der Waals surface area contributed by atoms with Crippen molar-refractivity contribution >= 4 is 22.9 Å². The number of thioether (sulfide) groups is 1. The van der Waals surface area contributed by atoms with E-state index in [4.69, 9.17) is 16.2 Å². The topological polar surface area (TPSA) is 87.2 Å². The number of hydrogen-bond acceptors (Lipinski definition) is 3. The standard InChI is InChI=1S/C4H6N2O2S/c5-4(6)9-2-1-3(7)8/h1-2H,(H3,5,6)(H,7,8)/b2-1+. The quantitative estimate of drug-likeness (QED) is 0.295. The Bertz CT molecular complexity index is 155. The average Bonchev–Trinajstić information content (AvgIpc) is 1.63. The molecule has 0 radical (unpaired) electrons. The van der Waals surface area contributed by atoms with Gasteiger partial charge in [0.15, 0.2) is 5.17 Å². The molecule has 4 nitrogen and oxygen atoms in total. The van der Waals surface area contributed by atoms with Crippen LogP contribution in [0.2, 0.25) is 0 Å². The van der Waals surface area contributed by atoms with Gasteiger partial charge in [0.25, 0.3) is 0 Å². The minimum atomic E-state index is -1.04. The molecule has 0 fully saturated rings. The van der Waals surface area contributed by atoms with Crippen molar-refractivity contribution in [3.63, 3.8) is 0 Å². The highest BCUT2D eigenvalue weighted by Crippen LogP contribution is 1.97. The molecule has 0 aliphatic heterocycles. The summed E-state index contributed by atoms with van der Waals surface area (Å²) in [6.45, 7) is 0. The van der Waals surface area contributed by atoms with Gasteiger partial charge in [-0.25, -0.2) is 4.79 Å². The zero-order valence-electron chi connectivity index (χ0n) is 4.50. The average molecular weight is 146 g/mol. The van der Waals surface area contributed by atoms with E-state index < -0.39 is 5.97 Å². The van der Waals surface area contributed by atoms with Crippen LogP contribution < -0.4 is 5.73 Å². The lowest BCUT2D eigenvalue weighted by atomic mass is 10.7. The number of aliphatic carboxylic acids is 1. The second-order valence-electron chi connectivity index (χ2n) is 1.12. The molecule has 0 aromatic carbocycles. The molecule has 0 spiro atoms. The normalized spacial score (nSPS) is 9.78. The number of carboxylic acids is 1. The lowest BCUT2D eigenvalue weighted by Crippen LogP contribution is -2.01. The van der Waals surface area contributed by atoms with Crippen molar-refractivity contribution in [1.29, 1.82) is 5.41 Å². The maximum atomic E-state index is 9.77. The Morgan fingerprint density at radius 2 is 2.33 bits per heavy atom. The lowest BCUT2D eigenvalue weighted by Gasteiger charge is -1.84. The predicted octanol–water partition coefficient (Wildman–Crippen LogP) is 0.211. The highest BCUT2D eigenvalue weighted by molar-refractivity contribution is 8.16. The van der Waals surface area contributed by atoms with Crippen molar-refractivity contribution in [2.45, 2.75) is 0 Å². The van der Waals surface area contributed by atoms with Crippen LogP contribution >= 0.6 is 11.8 Å². The molecule has 0 unspecified atom stereocenters. The smallest absolute Gasteiger partial charge is 0.328 e. The molecule has 0 saturated heterocycles. The first-order valence-corrected chi connectivity index (χ1v) is 2.91. The molecule has 50 valence electrons. The number of hydrogen-bond donors (Lipinski definition) is 3. The van der Waals surface area contributed by atoms with Crippen LogP contribution in [-0.4, -0.2) is 16.2 Å². The molecule has 0 aliphatic rings. The Balaban J connectivity index is 3.48. The van der Waals surface area contributed by atoms with E-state index in [-0.39, 0.29) is 5.17 Å². The molecule has 0 amide bonds. The van der Waals surface area contributed by atoms with Gasteiger partial charge in [0.1, 0.15) is 0 Å². The van der Waals surface area contributed by atoms with Crippen molar-refractivity contribution < 1.29 is 9.90 Å². The largest absolute Gasteiger partial charge is 0.478 e. The summed E-state index contributed by atoms with van der Waals surface area (Å²) in [6, 6.07) is 0. The predicted molar refractivity (Wildman–Crippen MR) is 36.3 cm³/mol. The van der Waals surface area contributed by atoms with Crippen molar-refractivity contribution in [1.82, 2.24) is 0 Å². The summed E-state index contributed by atoms with van der Waals surface area (Å²) in [5, 5.41) is 15.8. The Labute approximate surface area is 56.2 Å². The minimum absolute atomic E-state index is 0.118. The summed E-state index contributed by atoms with van der Waals surface area (Å²) in [5.74, 6) is -1.04. The fourth-order valence-electron chi connectivity index (χ4n) is 0.166. The zero-order chi connectivity index (χ0) is 7.28. The van der Waals surface area contributed by atoms with E-state index in [9.17, 15) is 4.79 Å². The Hall–Kier alpha value is -0.970. The number of carbonyl (C=O) groups is 1. The van der Waals surface area contributed by atoms with Crippen LogP contribution in [-0.2, 0) is 4.79 Å². The van der Waals surface area contributed by atoms with Crippen LogP contribution in [0.5, 0.6) is 0 Å². The van der Waals surface area contributed by atoms with Crippen LogP contribution in [0, 0.1) is 5.41 Å². The van der Waals surface area contributed by atoms with Gasteiger partial charge in [-0.2, -0.15) is 0 Å². The van der Waals surface area contributed by atoms with E-state index in [0.717, 1.165) is 17.8 Å². The number of carboxylic acid groups (broad SMARTS) is 1. The third-order valence-corrected chi connectivity index (χ3v) is 0.932. The third-order valence-electron chi connectivity index (χ3n) is 0.406. The lowest BCUT2D eigenvalue weighted by molar-refractivity contribution is -0.131. The number of nitrogens with one attached hydrogen (secondary N) is 1. The van der Waals surface area contributed by atoms with Crippen molar-refractivity contribution in [2.24, 2.45) is 5.73 Å². The highest BCUT2D eigenvalue weighted by atomic mass is 32.2. The Kier molecular flexibility index (Phi) is 3.54. The summed E-state index contributed by atoms with van der Waals surface area (Å²) in [7, 11) is 0. The Morgan fingerprint density at radius 3 is 2.67 bits per heavy atom. The van der Waals surface area contributed by atoms with E-state index in [1.165, 1.54) is 5.41 Å². The van der Waals surface area contributed by atoms with Gasteiger partial charge in [-0.15, -0.1) is 0 Å². The number of rotatable bonds is 2. The molecule has 0 aliphatic carbocycles. The number of amidine groups is 1. The molecule has 0 aromatic rings. The zero-order valence-corrected chi connectivity index (χ0v) is 5.31. The first-order valence-electron chi connectivity index (χ1n) is 2.03. The van der Waals surface area contributed by atoms with Gasteiger partial charge in [-0.1, -0.05) is 11.8 Å². The van der Waals surface area contributed by atoms with E-state index >= 15 is 0 Å². The molecule has 0 aromatic heterocycles. The minimum Gasteiger partial charge on any atom is -0.478 e. The molecule has 0 atom stereocenters. The molecule has 0 bridgehead atoms. The molecular formula is C4H6N2O2S. The first-order chi connectivity index (χ1) is 4.13. The molecule has 0 heterocycles. The molecule has 9 heavy (non-hydrogen) atoms. The van der Waals surface area contributed by atoms with Gasteiger partial charge in [0.05, 0.1) is 0 Å². The van der Waals surface area contributed by atoms with E-state index in [1.807, 2.05) is 0 Å². The molecule has 0 saturated carbocycles. The fourth-order valence-corrected chi connectivity index (χ4v) is 0.497. The van der Waals surface area contributed by atoms with Crippen LogP contribution in [0.3, 0.4) is 0 Å². The summed E-state index contributed by atoms with van der Waals surface area (Å²) >= 11 is 0.859. The molecule has 4 N–H and O–H groups in total. The molecule has 0 rings (SSSR count). The van der Waals surface area contributed by atoms with E-state index in [0.29, 0.717) is 0 Å². The van der Waals surface area contributed by atoms with Crippen molar-refractivity contribution in [3.8, 4) is 0 Å². The van der Waals surface area contributed by atoms with Crippen molar-refractivity contribution in [2.75, 3.05) is 0 Å². The van der Waals surface area contributed by atoms with Gasteiger partial charge >= 0.3 is 5.97 Å². The SMILES string of the molecule is N=C(N)S/C=C/C(=O)O. The van der Waals surface area contributed by atoms with Gasteiger partial charge in [0, 0.05) is 6.08 Å². The van der Waals surface area contributed by atoms with Gasteiger partial charge in [-0.3, -0.25) is 5.41 Å². The molecule has 5 heteroatoms.